The molecule has 10 heteroatoms. The van der Waals surface area contributed by atoms with Crippen LogP contribution >= 0.6 is 28.1 Å². The highest BCUT2D eigenvalue weighted by atomic mass is 79.9. The normalized spacial score (nSPS) is 14.7. The predicted molar refractivity (Wildman–Crippen MR) is 144 cm³/mol. The van der Waals surface area contributed by atoms with Crippen LogP contribution < -0.4 is 15.0 Å². The average Bonchev–Trinajstić information content (AvgIpc) is 2.86. The van der Waals surface area contributed by atoms with Gasteiger partial charge in [-0.05, 0) is 93.7 Å². The summed E-state index contributed by atoms with van der Waals surface area (Å²) < 4.78 is 6.42. The molecule has 1 fully saturated rings. The van der Waals surface area contributed by atoms with Gasteiger partial charge in [0.2, 0.25) is 0 Å². The quantitative estimate of drug-likeness (QED) is 0.136. The van der Waals surface area contributed by atoms with Gasteiger partial charge in [-0.2, -0.15) is 0 Å². The molecule has 4 rings (SSSR count). The summed E-state index contributed by atoms with van der Waals surface area (Å²) in [6, 6.07) is 18.7. The van der Waals surface area contributed by atoms with E-state index >= 15 is 0 Å². The monoisotopic (exact) mass is 565 g/mol. The number of benzene rings is 3. The fourth-order valence-corrected chi connectivity index (χ4v) is 4.33. The third-order valence-corrected chi connectivity index (χ3v) is 6.42. The molecule has 0 saturated carbocycles. The summed E-state index contributed by atoms with van der Waals surface area (Å²) >= 11 is 8.72. The zero-order chi connectivity index (χ0) is 25.8. The summed E-state index contributed by atoms with van der Waals surface area (Å²) in [4.78, 5) is 37.4. The Labute approximate surface area is 220 Å². The molecule has 2 amide bonds. The Bertz CT molecular complexity index is 1390. The van der Waals surface area contributed by atoms with Gasteiger partial charge >= 0.3 is 0 Å². The number of amides is 2. The number of nitrogens with zero attached hydrogens (tertiary/aromatic N) is 2. The maximum atomic E-state index is 13.2. The zero-order valence-electron chi connectivity index (χ0n) is 19.1. The second-order valence-corrected chi connectivity index (χ2v) is 9.12. The van der Waals surface area contributed by atoms with Crippen molar-refractivity contribution in [3.8, 4) is 5.75 Å². The predicted octanol–water partition coefficient (Wildman–Crippen LogP) is 5.33. The fourth-order valence-electron chi connectivity index (χ4n) is 3.54. The van der Waals surface area contributed by atoms with Crippen molar-refractivity contribution in [1.82, 2.24) is 5.32 Å². The molecular formula is C26H20BrN3O5S. The molecule has 3 aromatic carbocycles. The van der Waals surface area contributed by atoms with Crippen LogP contribution in [-0.4, -0.2) is 21.9 Å². The molecule has 0 spiro atoms. The summed E-state index contributed by atoms with van der Waals surface area (Å²) in [5, 5.41) is 13.4. The number of non-ortho nitro benzene ring substituents is 1. The van der Waals surface area contributed by atoms with E-state index in [4.69, 9.17) is 17.0 Å². The number of carbonyl (C=O) groups excluding carboxylic acids is 2. The van der Waals surface area contributed by atoms with Crippen LogP contribution in [0.1, 0.15) is 23.6 Å². The van der Waals surface area contributed by atoms with Gasteiger partial charge in [0.15, 0.2) is 5.11 Å². The molecule has 1 saturated heterocycles. The summed E-state index contributed by atoms with van der Waals surface area (Å²) in [6.45, 7) is 2.25. The van der Waals surface area contributed by atoms with Crippen LogP contribution in [0, 0.1) is 10.1 Å². The lowest BCUT2D eigenvalue weighted by atomic mass is 10.1. The molecule has 1 N–H and O–H groups in total. The van der Waals surface area contributed by atoms with Crippen LogP contribution in [0.5, 0.6) is 5.75 Å². The lowest BCUT2D eigenvalue weighted by Gasteiger charge is -2.29. The number of anilines is 1. The number of carbonyl (C=O) groups is 2. The largest absolute Gasteiger partial charge is 0.488 e. The summed E-state index contributed by atoms with van der Waals surface area (Å²) in [6.07, 6.45) is 2.36. The lowest BCUT2D eigenvalue weighted by molar-refractivity contribution is -0.384. The van der Waals surface area contributed by atoms with Crippen LogP contribution in [-0.2, 0) is 22.6 Å². The van der Waals surface area contributed by atoms with Gasteiger partial charge in [0.25, 0.3) is 17.5 Å². The topological polar surface area (TPSA) is 102 Å². The van der Waals surface area contributed by atoms with Crippen molar-refractivity contribution in [2.24, 2.45) is 0 Å². The minimum absolute atomic E-state index is 0.0101. The molecule has 0 atom stereocenters. The first-order chi connectivity index (χ1) is 17.3. The number of ether oxygens (including phenoxy) is 1. The number of nitro groups is 1. The van der Waals surface area contributed by atoms with Crippen molar-refractivity contribution in [1.29, 1.82) is 0 Å². The highest BCUT2D eigenvalue weighted by Crippen LogP contribution is 2.29. The standard InChI is InChI=1S/C26H20BrN3O5S/c1-2-16-3-8-19(9-4-16)29-25(32)21(24(31)28-26(29)36)13-18-7-12-23(22(27)14-18)35-15-17-5-10-20(11-6-17)30(33)34/h3-14H,2,15H2,1H3,(H,28,31,36)/b21-13+. The van der Waals surface area contributed by atoms with Crippen molar-refractivity contribution >= 4 is 62.5 Å². The summed E-state index contributed by atoms with van der Waals surface area (Å²) in [7, 11) is 0. The van der Waals surface area contributed by atoms with Gasteiger partial charge in [0.1, 0.15) is 17.9 Å². The number of thiocarbonyl (C=S) groups is 1. The maximum absolute atomic E-state index is 13.2. The van der Waals surface area contributed by atoms with Crippen LogP contribution in [0.2, 0.25) is 0 Å². The maximum Gasteiger partial charge on any atom is 0.270 e. The second kappa shape index (κ2) is 10.8. The first kappa shape index (κ1) is 25.2. The second-order valence-electron chi connectivity index (χ2n) is 7.88. The number of aryl methyl sites for hydroxylation is 1. The highest BCUT2D eigenvalue weighted by Gasteiger charge is 2.34. The Morgan fingerprint density at radius 1 is 1.06 bits per heavy atom. The van der Waals surface area contributed by atoms with Gasteiger partial charge in [0, 0.05) is 12.1 Å². The molecular weight excluding hydrogens is 546 g/mol. The molecule has 1 heterocycles. The van der Waals surface area contributed by atoms with Gasteiger partial charge in [-0.25, -0.2) is 0 Å². The molecule has 0 aliphatic carbocycles. The first-order valence-corrected chi connectivity index (χ1v) is 12.1. The Kier molecular flexibility index (Phi) is 7.56. The number of hydrogen-bond donors (Lipinski definition) is 1. The Balaban J connectivity index is 1.52. The van der Waals surface area contributed by atoms with E-state index in [-0.39, 0.29) is 23.0 Å². The molecule has 1 aliphatic heterocycles. The number of rotatable bonds is 7. The van der Waals surface area contributed by atoms with Crippen molar-refractivity contribution < 1.29 is 19.2 Å². The van der Waals surface area contributed by atoms with E-state index in [0.29, 0.717) is 21.5 Å². The van der Waals surface area contributed by atoms with Crippen molar-refractivity contribution in [2.45, 2.75) is 20.0 Å². The SMILES string of the molecule is CCc1ccc(N2C(=O)/C(=C/c3ccc(OCc4ccc([N+](=O)[O-])cc4)c(Br)c3)C(=O)NC2=S)cc1. The van der Waals surface area contributed by atoms with Crippen LogP contribution in [0.15, 0.2) is 76.8 Å². The summed E-state index contributed by atoms with van der Waals surface area (Å²) in [5.41, 5.74) is 3.04. The van der Waals surface area contributed by atoms with Crippen molar-refractivity contribution in [3.63, 3.8) is 0 Å². The van der Waals surface area contributed by atoms with Gasteiger partial charge in [0.05, 0.1) is 15.1 Å². The Morgan fingerprint density at radius 2 is 1.72 bits per heavy atom. The molecule has 0 radical (unpaired) electrons. The van der Waals surface area contributed by atoms with Crippen molar-refractivity contribution in [2.75, 3.05) is 4.90 Å². The highest BCUT2D eigenvalue weighted by molar-refractivity contribution is 9.10. The van der Waals surface area contributed by atoms with E-state index in [9.17, 15) is 19.7 Å². The van der Waals surface area contributed by atoms with Gasteiger partial charge in [-0.15, -0.1) is 0 Å². The number of nitro benzene ring substituents is 1. The van der Waals surface area contributed by atoms with E-state index in [2.05, 4.69) is 21.2 Å². The minimum Gasteiger partial charge on any atom is -0.488 e. The number of hydrogen-bond acceptors (Lipinski definition) is 6. The Morgan fingerprint density at radius 3 is 2.33 bits per heavy atom. The third kappa shape index (κ3) is 5.50. The lowest BCUT2D eigenvalue weighted by Crippen LogP contribution is -2.54. The van der Waals surface area contributed by atoms with E-state index in [1.54, 1.807) is 42.5 Å². The third-order valence-electron chi connectivity index (χ3n) is 5.51. The molecule has 3 aromatic rings. The molecule has 36 heavy (non-hydrogen) atoms. The van der Waals surface area contributed by atoms with Crippen molar-refractivity contribution in [3.05, 3.63) is 104 Å². The number of halogens is 1. The first-order valence-electron chi connectivity index (χ1n) is 10.9. The van der Waals surface area contributed by atoms with Gasteiger partial charge in [-0.3, -0.25) is 29.9 Å². The smallest absolute Gasteiger partial charge is 0.270 e. The van der Waals surface area contributed by atoms with E-state index in [1.807, 2.05) is 19.1 Å². The molecule has 182 valence electrons. The van der Waals surface area contributed by atoms with Crippen LogP contribution in [0.4, 0.5) is 11.4 Å². The van der Waals surface area contributed by atoms with Gasteiger partial charge in [-0.1, -0.05) is 25.1 Å². The summed E-state index contributed by atoms with van der Waals surface area (Å²) in [5.74, 6) is -0.544. The van der Waals surface area contributed by atoms with E-state index < -0.39 is 16.7 Å². The molecule has 0 bridgehead atoms. The van der Waals surface area contributed by atoms with Gasteiger partial charge < -0.3 is 4.74 Å². The molecule has 8 nitrogen and oxygen atoms in total. The minimum atomic E-state index is -0.568. The van der Waals surface area contributed by atoms with Crippen LogP contribution in [0.25, 0.3) is 6.08 Å². The van der Waals surface area contributed by atoms with Crippen LogP contribution in [0.3, 0.4) is 0 Å². The van der Waals surface area contributed by atoms with E-state index in [0.717, 1.165) is 17.5 Å². The molecule has 0 aromatic heterocycles. The Hall–Kier alpha value is -3.89. The van der Waals surface area contributed by atoms with E-state index in [1.165, 1.54) is 23.1 Å². The average molecular weight is 566 g/mol. The molecule has 0 unspecified atom stereocenters. The fraction of sp³-hybridized carbons (Fsp3) is 0.115. The zero-order valence-corrected chi connectivity index (χ0v) is 21.5. The molecule has 1 aliphatic rings. The number of nitrogens with one attached hydrogen (secondary N) is 1.